The molecular weight excluding hydrogens is 242 g/mol. The SMILES string of the molecule is NCC(=O)NNC(=O)CC12CC3CC(CC(C3)C1)C2. The first kappa shape index (κ1) is 12.9. The summed E-state index contributed by atoms with van der Waals surface area (Å²) in [5.74, 6) is 2.12. The van der Waals surface area contributed by atoms with Crippen molar-refractivity contribution in [3.05, 3.63) is 0 Å². The van der Waals surface area contributed by atoms with Crippen LogP contribution in [0.3, 0.4) is 0 Å². The molecule has 0 spiro atoms. The van der Waals surface area contributed by atoms with E-state index < -0.39 is 0 Å². The summed E-state index contributed by atoms with van der Waals surface area (Å²) < 4.78 is 0. The Bertz CT molecular complexity index is 359. The standard InChI is InChI=1S/C14H23N3O2/c15-8-13(19)17-16-12(18)7-14-4-9-1-10(5-14)3-11(2-9)6-14/h9-11H,1-8,15H2,(H,16,18)(H,17,19). The maximum atomic E-state index is 12.0. The lowest BCUT2D eigenvalue weighted by atomic mass is 9.49. The summed E-state index contributed by atoms with van der Waals surface area (Å²) in [6.45, 7) is -0.0996. The molecule has 4 bridgehead atoms. The number of hydrogen-bond donors (Lipinski definition) is 3. The normalized spacial score (nSPS) is 39.1. The number of hydrogen-bond acceptors (Lipinski definition) is 3. The highest BCUT2D eigenvalue weighted by atomic mass is 16.2. The van der Waals surface area contributed by atoms with E-state index >= 15 is 0 Å². The lowest BCUT2D eigenvalue weighted by Crippen LogP contribution is -2.50. The molecule has 2 amide bonds. The van der Waals surface area contributed by atoms with Crippen LogP contribution in [-0.4, -0.2) is 18.4 Å². The minimum absolute atomic E-state index is 0.0660. The molecule has 0 atom stereocenters. The van der Waals surface area contributed by atoms with Crippen LogP contribution in [0.5, 0.6) is 0 Å². The Hall–Kier alpha value is -1.10. The number of carbonyl (C=O) groups excluding carboxylic acids is 2. The first-order valence-electron chi connectivity index (χ1n) is 7.36. The predicted molar refractivity (Wildman–Crippen MR) is 70.6 cm³/mol. The van der Waals surface area contributed by atoms with Crippen LogP contribution in [0.1, 0.15) is 44.9 Å². The van der Waals surface area contributed by atoms with Gasteiger partial charge in [0.05, 0.1) is 6.54 Å². The molecular formula is C14H23N3O2. The van der Waals surface area contributed by atoms with Crippen LogP contribution in [0.4, 0.5) is 0 Å². The van der Waals surface area contributed by atoms with Crippen LogP contribution in [-0.2, 0) is 9.59 Å². The molecule has 0 aliphatic heterocycles. The molecule has 4 N–H and O–H groups in total. The van der Waals surface area contributed by atoms with E-state index in [1.54, 1.807) is 0 Å². The van der Waals surface area contributed by atoms with Crippen molar-refractivity contribution in [3.63, 3.8) is 0 Å². The van der Waals surface area contributed by atoms with Crippen LogP contribution >= 0.6 is 0 Å². The van der Waals surface area contributed by atoms with Crippen molar-refractivity contribution < 1.29 is 9.59 Å². The lowest BCUT2D eigenvalue weighted by molar-refractivity contribution is -0.133. The second-order valence-corrected chi connectivity index (χ2v) is 6.89. The van der Waals surface area contributed by atoms with Crippen LogP contribution in [0.2, 0.25) is 0 Å². The summed E-state index contributed by atoms with van der Waals surface area (Å²) in [5, 5.41) is 0. The second-order valence-electron chi connectivity index (χ2n) is 6.89. The smallest absolute Gasteiger partial charge is 0.252 e. The van der Waals surface area contributed by atoms with E-state index in [-0.39, 0.29) is 23.8 Å². The molecule has 5 nitrogen and oxygen atoms in total. The summed E-state index contributed by atoms with van der Waals surface area (Å²) in [4.78, 5) is 23.0. The minimum atomic E-state index is -0.348. The van der Waals surface area contributed by atoms with Crippen LogP contribution in [0, 0.1) is 23.2 Å². The van der Waals surface area contributed by atoms with Gasteiger partial charge in [-0.3, -0.25) is 20.4 Å². The zero-order chi connectivity index (χ0) is 13.5. The van der Waals surface area contributed by atoms with Crippen LogP contribution in [0.15, 0.2) is 0 Å². The number of nitrogens with two attached hydrogens (primary N) is 1. The molecule has 4 rings (SSSR count). The number of hydrazine groups is 1. The Labute approximate surface area is 113 Å². The molecule has 0 heterocycles. The van der Waals surface area contributed by atoms with Gasteiger partial charge in [0, 0.05) is 6.42 Å². The molecule has 0 radical (unpaired) electrons. The van der Waals surface area contributed by atoms with Crippen molar-refractivity contribution in [1.82, 2.24) is 10.9 Å². The molecule has 0 saturated heterocycles. The zero-order valence-electron chi connectivity index (χ0n) is 11.3. The first-order valence-corrected chi connectivity index (χ1v) is 7.36. The molecule has 4 fully saturated rings. The molecule has 4 aliphatic carbocycles. The third kappa shape index (κ3) is 2.61. The van der Waals surface area contributed by atoms with E-state index in [2.05, 4.69) is 10.9 Å². The summed E-state index contributed by atoms with van der Waals surface area (Å²) in [6, 6.07) is 0. The quantitative estimate of drug-likeness (QED) is 0.657. The van der Waals surface area contributed by atoms with E-state index in [0.717, 1.165) is 17.8 Å². The topological polar surface area (TPSA) is 84.2 Å². The Morgan fingerprint density at radius 2 is 1.42 bits per heavy atom. The van der Waals surface area contributed by atoms with E-state index in [4.69, 9.17) is 5.73 Å². The Balaban J connectivity index is 1.57. The minimum Gasteiger partial charge on any atom is -0.322 e. The molecule has 5 heteroatoms. The highest BCUT2D eigenvalue weighted by Gasteiger charge is 2.51. The average Bonchev–Trinajstić information content (AvgIpc) is 2.33. The highest BCUT2D eigenvalue weighted by Crippen LogP contribution is 2.61. The Kier molecular flexibility index (Phi) is 3.25. The van der Waals surface area contributed by atoms with Crippen molar-refractivity contribution in [2.24, 2.45) is 28.9 Å². The Morgan fingerprint density at radius 3 is 1.89 bits per heavy atom. The van der Waals surface area contributed by atoms with Crippen molar-refractivity contribution in [1.29, 1.82) is 0 Å². The van der Waals surface area contributed by atoms with Crippen LogP contribution in [0.25, 0.3) is 0 Å². The summed E-state index contributed by atoms with van der Waals surface area (Å²) in [5.41, 5.74) is 10.2. The lowest BCUT2D eigenvalue weighted by Gasteiger charge is -2.56. The first-order chi connectivity index (χ1) is 9.08. The number of nitrogens with one attached hydrogen (secondary N) is 2. The molecule has 4 aliphatic rings. The fraction of sp³-hybridized carbons (Fsp3) is 0.857. The average molecular weight is 265 g/mol. The fourth-order valence-electron chi connectivity index (χ4n) is 5.08. The zero-order valence-corrected chi connectivity index (χ0v) is 11.3. The number of carbonyl (C=O) groups is 2. The molecule has 0 unspecified atom stereocenters. The summed E-state index contributed by atoms with van der Waals surface area (Å²) in [6.07, 6.45) is 8.31. The van der Waals surface area contributed by atoms with Gasteiger partial charge in [0.1, 0.15) is 0 Å². The molecule has 0 aromatic rings. The van der Waals surface area contributed by atoms with Crippen molar-refractivity contribution in [2.45, 2.75) is 44.9 Å². The van der Waals surface area contributed by atoms with Gasteiger partial charge in [-0.2, -0.15) is 0 Å². The Morgan fingerprint density at radius 1 is 0.947 bits per heavy atom. The van der Waals surface area contributed by atoms with Crippen LogP contribution < -0.4 is 16.6 Å². The molecule has 106 valence electrons. The maximum absolute atomic E-state index is 12.0. The van der Waals surface area contributed by atoms with Gasteiger partial charge >= 0.3 is 0 Å². The van der Waals surface area contributed by atoms with Gasteiger partial charge in [-0.1, -0.05) is 0 Å². The van der Waals surface area contributed by atoms with E-state index in [0.29, 0.717) is 6.42 Å². The monoisotopic (exact) mass is 265 g/mol. The van der Waals surface area contributed by atoms with Gasteiger partial charge in [0.25, 0.3) is 5.91 Å². The molecule has 0 aromatic carbocycles. The third-order valence-corrected chi connectivity index (χ3v) is 5.23. The largest absolute Gasteiger partial charge is 0.322 e. The second kappa shape index (κ2) is 4.78. The van der Waals surface area contributed by atoms with Crippen molar-refractivity contribution in [3.8, 4) is 0 Å². The molecule has 0 aromatic heterocycles. The van der Waals surface area contributed by atoms with Gasteiger partial charge in [-0.05, 0) is 61.7 Å². The maximum Gasteiger partial charge on any atom is 0.252 e. The van der Waals surface area contributed by atoms with Gasteiger partial charge in [0.15, 0.2) is 0 Å². The van der Waals surface area contributed by atoms with E-state index in [9.17, 15) is 9.59 Å². The number of rotatable bonds is 3. The fourth-order valence-corrected chi connectivity index (χ4v) is 5.08. The third-order valence-electron chi connectivity index (χ3n) is 5.23. The highest BCUT2D eigenvalue weighted by molar-refractivity contribution is 5.83. The van der Waals surface area contributed by atoms with E-state index in [1.807, 2.05) is 0 Å². The van der Waals surface area contributed by atoms with Gasteiger partial charge in [-0.15, -0.1) is 0 Å². The summed E-state index contributed by atoms with van der Waals surface area (Å²) in [7, 11) is 0. The van der Waals surface area contributed by atoms with Crippen molar-refractivity contribution in [2.75, 3.05) is 6.54 Å². The number of amides is 2. The van der Waals surface area contributed by atoms with Crippen molar-refractivity contribution >= 4 is 11.8 Å². The molecule has 19 heavy (non-hydrogen) atoms. The predicted octanol–water partition coefficient (Wildman–Crippen LogP) is 0.699. The van der Waals surface area contributed by atoms with E-state index in [1.165, 1.54) is 38.5 Å². The summed E-state index contributed by atoms with van der Waals surface area (Å²) >= 11 is 0. The molecule has 4 saturated carbocycles. The van der Waals surface area contributed by atoms with Gasteiger partial charge in [0.2, 0.25) is 5.91 Å². The van der Waals surface area contributed by atoms with Gasteiger partial charge in [-0.25, -0.2) is 0 Å². The van der Waals surface area contributed by atoms with Gasteiger partial charge < -0.3 is 5.73 Å².